The van der Waals surface area contributed by atoms with E-state index in [9.17, 15) is 0 Å². The molecule has 0 aromatic heterocycles. The first-order valence-corrected chi connectivity index (χ1v) is 7.90. The minimum atomic E-state index is -1.99. The van der Waals surface area contributed by atoms with Gasteiger partial charge in [0.25, 0.3) is 0 Å². The van der Waals surface area contributed by atoms with E-state index in [1.807, 2.05) is 0 Å². The molecule has 1 fully saturated rings. The molecule has 3 atom stereocenters. The minimum Gasteiger partial charge on any atom is -0.233 e. The average Bonchev–Trinajstić information content (AvgIpc) is 2.71. The Labute approximate surface area is 105 Å². The maximum atomic E-state index is 6.46. The van der Waals surface area contributed by atoms with Crippen LogP contribution in [0.1, 0.15) is 37.9 Å². The molecule has 0 saturated carbocycles. The first-order valence-electron chi connectivity index (χ1n) is 6.12. The van der Waals surface area contributed by atoms with Crippen molar-refractivity contribution >= 4 is 15.1 Å². The molecule has 1 unspecified atom stereocenters. The maximum Gasteiger partial charge on any atom is 0.426 e. The van der Waals surface area contributed by atoms with Gasteiger partial charge >= 0.3 is 7.57 Å². The van der Waals surface area contributed by atoms with Crippen LogP contribution in [0, 0.1) is 0 Å². The summed E-state index contributed by atoms with van der Waals surface area (Å²) in [5.74, 6) is 0. The van der Waals surface area contributed by atoms with Gasteiger partial charge in [0.2, 0.25) is 0 Å². The zero-order valence-electron chi connectivity index (χ0n) is 10.6. The first-order chi connectivity index (χ1) is 7.91. The Balaban J connectivity index is 1.93. The van der Waals surface area contributed by atoms with E-state index in [0.29, 0.717) is 6.04 Å². The Morgan fingerprint density at radius 2 is 2.06 bits per heavy atom. The van der Waals surface area contributed by atoms with Crippen molar-refractivity contribution in [2.75, 3.05) is 0 Å². The third-order valence-electron chi connectivity index (χ3n) is 3.81. The van der Waals surface area contributed by atoms with Gasteiger partial charge < -0.3 is 0 Å². The summed E-state index contributed by atoms with van der Waals surface area (Å²) in [5.41, 5.74) is 2.77. The van der Waals surface area contributed by atoms with Crippen molar-refractivity contribution in [2.24, 2.45) is 0 Å². The molecule has 0 amide bonds. The number of hydrogen-bond acceptors (Lipinski definition) is 2. The molecular weight excluding hydrogens is 228 g/mol. The zero-order chi connectivity index (χ0) is 12.3. The van der Waals surface area contributed by atoms with Gasteiger partial charge in [0.1, 0.15) is 6.10 Å². The predicted octanol–water partition coefficient (Wildman–Crippen LogP) is 3.00. The standard InChI is InChI=1S/C13H18BNOP/c1-13(2,3)17(14)15-12-10-7-5-4-6-9(10)8-11(12)16-17/h4-7,11-12,15H,8H2,1-3H3/q+1/t11-,12+,17?/m1/s1. The Morgan fingerprint density at radius 3 is 2.76 bits per heavy atom. The fraction of sp³-hybridized carbons (Fsp3) is 0.538. The highest BCUT2D eigenvalue weighted by Crippen LogP contribution is 2.70. The molecule has 1 heterocycles. The van der Waals surface area contributed by atoms with E-state index in [-0.39, 0.29) is 11.3 Å². The third-order valence-corrected chi connectivity index (χ3v) is 7.07. The molecule has 2 aliphatic rings. The van der Waals surface area contributed by atoms with Crippen molar-refractivity contribution < 1.29 is 4.52 Å². The third kappa shape index (κ3) is 1.68. The fourth-order valence-electron chi connectivity index (χ4n) is 2.61. The SMILES string of the molecule is [B][P+]1(C(C)(C)C)N[C@H]2c3ccccc3C[C@H]2O1. The van der Waals surface area contributed by atoms with Crippen molar-refractivity contribution in [3.63, 3.8) is 0 Å². The summed E-state index contributed by atoms with van der Waals surface area (Å²) in [6, 6.07) is 8.86. The summed E-state index contributed by atoms with van der Waals surface area (Å²) in [6.45, 7) is 6.46. The van der Waals surface area contributed by atoms with Gasteiger partial charge in [0.15, 0.2) is 7.52 Å². The van der Waals surface area contributed by atoms with Gasteiger partial charge in [0, 0.05) is 6.42 Å². The van der Waals surface area contributed by atoms with Crippen molar-refractivity contribution in [1.29, 1.82) is 0 Å². The van der Waals surface area contributed by atoms with Gasteiger partial charge in [-0.3, -0.25) is 0 Å². The molecule has 0 spiro atoms. The van der Waals surface area contributed by atoms with Gasteiger partial charge in [-0.25, -0.2) is 4.52 Å². The van der Waals surface area contributed by atoms with E-state index in [1.54, 1.807) is 0 Å². The molecule has 17 heavy (non-hydrogen) atoms. The van der Waals surface area contributed by atoms with Crippen LogP contribution in [-0.2, 0) is 10.9 Å². The Hall–Kier alpha value is -0.365. The number of rotatable bonds is 0. The lowest BCUT2D eigenvalue weighted by atomic mass is 10.1. The van der Waals surface area contributed by atoms with E-state index in [0.717, 1.165) is 6.42 Å². The summed E-state index contributed by atoms with van der Waals surface area (Å²) in [7, 11) is 4.47. The molecule has 4 heteroatoms. The van der Waals surface area contributed by atoms with Crippen LogP contribution < -0.4 is 5.09 Å². The van der Waals surface area contributed by atoms with E-state index in [1.165, 1.54) is 11.1 Å². The maximum absolute atomic E-state index is 6.46. The molecule has 2 nitrogen and oxygen atoms in total. The lowest BCUT2D eigenvalue weighted by Gasteiger charge is -2.30. The van der Waals surface area contributed by atoms with Crippen LogP contribution in [0.5, 0.6) is 0 Å². The van der Waals surface area contributed by atoms with Crippen LogP contribution in [0.15, 0.2) is 24.3 Å². The molecule has 1 aliphatic carbocycles. The minimum absolute atomic E-state index is 0.00766. The van der Waals surface area contributed by atoms with Crippen LogP contribution >= 0.6 is 7.52 Å². The smallest absolute Gasteiger partial charge is 0.233 e. The fourth-order valence-corrected chi connectivity index (χ4v) is 4.72. The second-order valence-corrected chi connectivity index (χ2v) is 9.11. The largest absolute Gasteiger partial charge is 0.426 e. The molecule has 0 bridgehead atoms. The molecule has 88 valence electrons. The highest BCUT2D eigenvalue weighted by molar-refractivity contribution is 7.93. The Morgan fingerprint density at radius 1 is 1.35 bits per heavy atom. The summed E-state index contributed by atoms with van der Waals surface area (Å²) in [5, 5.41) is 3.58. The van der Waals surface area contributed by atoms with Gasteiger partial charge in [-0.05, 0) is 31.9 Å². The number of fused-ring (bicyclic) bond motifs is 3. The molecule has 2 radical (unpaired) electrons. The molecule has 1 saturated heterocycles. The molecule has 1 aromatic rings. The first kappa shape index (κ1) is 11.7. The molecule has 1 aliphatic heterocycles. The van der Waals surface area contributed by atoms with Gasteiger partial charge in [-0.1, -0.05) is 24.3 Å². The molecule has 1 aromatic carbocycles. The monoisotopic (exact) mass is 246 g/mol. The summed E-state index contributed by atoms with van der Waals surface area (Å²) in [4.78, 5) is 0. The summed E-state index contributed by atoms with van der Waals surface area (Å²) < 4.78 is 6.20. The molecule has 3 rings (SSSR count). The summed E-state index contributed by atoms with van der Waals surface area (Å²) >= 11 is 0. The van der Waals surface area contributed by atoms with Crippen LogP contribution in [0.2, 0.25) is 0 Å². The van der Waals surface area contributed by atoms with E-state index >= 15 is 0 Å². The second-order valence-electron chi connectivity index (χ2n) is 5.98. The topological polar surface area (TPSA) is 21.3 Å². The van der Waals surface area contributed by atoms with E-state index in [4.69, 9.17) is 12.1 Å². The number of hydrogen-bond donors (Lipinski definition) is 1. The number of nitrogens with one attached hydrogen (secondary N) is 1. The van der Waals surface area contributed by atoms with Crippen molar-refractivity contribution in [1.82, 2.24) is 5.09 Å². The zero-order valence-corrected chi connectivity index (χ0v) is 11.5. The molecule has 1 N–H and O–H groups in total. The van der Waals surface area contributed by atoms with Gasteiger partial charge in [-0.15, -0.1) is 0 Å². The lowest BCUT2D eigenvalue weighted by Crippen LogP contribution is -2.28. The average molecular weight is 246 g/mol. The van der Waals surface area contributed by atoms with Crippen LogP contribution in [0.3, 0.4) is 0 Å². The van der Waals surface area contributed by atoms with Crippen LogP contribution in [-0.4, -0.2) is 18.8 Å². The Bertz CT molecular complexity index is 459. The van der Waals surface area contributed by atoms with E-state index in [2.05, 4.69) is 50.1 Å². The predicted molar refractivity (Wildman–Crippen MR) is 73.3 cm³/mol. The highest BCUT2D eigenvalue weighted by atomic mass is 31.2. The quantitative estimate of drug-likeness (QED) is 0.561. The van der Waals surface area contributed by atoms with Crippen molar-refractivity contribution in [3.05, 3.63) is 35.4 Å². The second kappa shape index (κ2) is 3.57. The lowest BCUT2D eigenvalue weighted by molar-refractivity contribution is 0.234. The number of benzene rings is 1. The highest BCUT2D eigenvalue weighted by Gasteiger charge is 2.59. The summed E-state index contributed by atoms with van der Waals surface area (Å²) in [6.07, 6.45) is 1.22. The van der Waals surface area contributed by atoms with Crippen LogP contribution in [0.25, 0.3) is 0 Å². The van der Waals surface area contributed by atoms with Crippen molar-refractivity contribution in [2.45, 2.75) is 44.5 Å². The van der Waals surface area contributed by atoms with Crippen molar-refractivity contribution in [3.8, 4) is 0 Å². The van der Waals surface area contributed by atoms with E-state index < -0.39 is 7.52 Å². The van der Waals surface area contributed by atoms with Crippen LogP contribution in [0.4, 0.5) is 0 Å². The van der Waals surface area contributed by atoms with Gasteiger partial charge in [-0.2, -0.15) is 5.09 Å². The Kier molecular flexibility index (Phi) is 2.46. The normalized spacial score (nSPS) is 35.7. The molecular formula is C13H18BNOP+. The van der Waals surface area contributed by atoms with Gasteiger partial charge in [0.05, 0.1) is 11.2 Å².